The Balaban J connectivity index is 1.55. The number of nitrogens with one attached hydrogen (secondary N) is 1. The molecule has 0 bridgehead atoms. The number of benzene rings is 1. The summed E-state index contributed by atoms with van der Waals surface area (Å²) in [4.78, 5) is 12.0. The Morgan fingerprint density at radius 2 is 2.19 bits per heavy atom. The molecule has 5 heteroatoms. The van der Waals surface area contributed by atoms with E-state index >= 15 is 0 Å². The average molecular weight is 306 g/mol. The number of ether oxygens (including phenoxy) is 2. The third kappa shape index (κ3) is 3.94. The Bertz CT molecular complexity index is 580. The summed E-state index contributed by atoms with van der Waals surface area (Å²) < 4.78 is 10.7. The van der Waals surface area contributed by atoms with Crippen molar-refractivity contribution >= 4 is 17.5 Å². The standard InChI is InChI=1S/C16H16ClNO3/c17-16(21-11-14-10-20-14)8-6-13(7-9-16)18-15(19)12-4-2-1-3-5-12/h1-8,14H,9-11H2,(H,18,19). The number of alkyl halides is 1. The highest BCUT2D eigenvalue weighted by atomic mass is 35.5. The maximum absolute atomic E-state index is 12.0. The molecule has 1 fully saturated rings. The van der Waals surface area contributed by atoms with Crippen molar-refractivity contribution in [3.05, 3.63) is 59.8 Å². The molecule has 1 saturated heterocycles. The second-order valence-electron chi connectivity index (χ2n) is 5.07. The highest BCUT2D eigenvalue weighted by molar-refractivity contribution is 6.24. The molecule has 0 saturated carbocycles. The van der Waals surface area contributed by atoms with Gasteiger partial charge in [-0.1, -0.05) is 35.9 Å². The first-order valence-corrected chi connectivity index (χ1v) is 7.23. The summed E-state index contributed by atoms with van der Waals surface area (Å²) >= 11 is 6.34. The van der Waals surface area contributed by atoms with Gasteiger partial charge in [0.15, 0.2) is 5.06 Å². The van der Waals surface area contributed by atoms with Gasteiger partial charge >= 0.3 is 0 Å². The lowest BCUT2D eigenvalue weighted by Crippen LogP contribution is -2.29. The fourth-order valence-electron chi connectivity index (χ4n) is 1.99. The molecule has 2 aliphatic rings. The Kier molecular flexibility index (Phi) is 4.10. The molecular formula is C16H16ClNO3. The predicted molar refractivity (Wildman–Crippen MR) is 80.0 cm³/mol. The zero-order valence-electron chi connectivity index (χ0n) is 11.4. The Morgan fingerprint density at radius 1 is 1.43 bits per heavy atom. The molecule has 0 spiro atoms. The van der Waals surface area contributed by atoms with Crippen LogP contribution < -0.4 is 5.32 Å². The van der Waals surface area contributed by atoms with Gasteiger partial charge in [-0.05, 0) is 24.3 Å². The molecule has 21 heavy (non-hydrogen) atoms. The molecule has 1 aromatic carbocycles. The van der Waals surface area contributed by atoms with Crippen LogP contribution >= 0.6 is 11.6 Å². The molecule has 3 rings (SSSR count). The van der Waals surface area contributed by atoms with Crippen LogP contribution in [0.25, 0.3) is 0 Å². The number of carbonyl (C=O) groups excluding carboxylic acids is 1. The SMILES string of the molecule is O=C(NC1=CCC(Cl)(OCC2CO2)C=C1)c1ccccc1. The summed E-state index contributed by atoms with van der Waals surface area (Å²) in [5.74, 6) is -0.138. The summed E-state index contributed by atoms with van der Waals surface area (Å²) in [5.41, 5.74) is 1.35. The molecule has 2 atom stereocenters. The van der Waals surface area contributed by atoms with Crippen molar-refractivity contribution in [2.45, 2.75) is 17.6 Å². The van der Waals surface area contributed by atoms with Crippen LogP contribution in [0.1, 0.15) is 16.8 Å². The van der Waals surface area contributed by atoms with E-state index in [2.05, 4.69) is 5.32 Å². The van der Waals surface area contributed by atoms with Crippen LogP contribution in [-0.2, 0) is 9.47 Å². The molecule has 1 heterocycles. The molecule has 110 valence electrons. The maximum atomic E-state index is 12.0. The fourth-order valence-corrected chi connectivity index (χ4v) is 2.19. The van der Waals surface area contributed by atoms with Crippen molar-refractivity contribution in [3.63, 3.8) is 0 Å². The predicted octanol–water partition coefficient (Wildman–Crippen LogP) is 2.61. The summed E-state index contributed by atoms with van der Waals surface area (Å²) in [7, 11) is 0. The third-order valence-corrected chi connectivity index (χ3v) is 3.71. The van der Waals surface area contributed by atoms with Crippen LogP contribution in [0.4, 0.5) is 0 Å². The lowest BCUT2D eigenvalue weighted by atomic mass is 10.1. The Hall–Kier alpha value is -1.62. The van der Waals surface area contributed by atoms with Crippen LogP contribution in [0, 0.1) is 0 Å². The molecular weight excluding hydrogens is 290 g/mol. The smallest absolute Gasteiger partial charge is 0.255 e. The number of allylic oxidation sites excluding steroid dienone is 1. The van der Waals surface area contributed by atoms with Crippen LogP contribution in [0.5, 0.6) is 0 Å². The second kappa shape index (κ2) is 6.02. The van der Waals surface area contributed by atoms with Crippen molar-refractivity contribution in [3.8, 4) is 0 Å². The molecule has 1 aromatic rings. The van der Waals surface area contributed by atoms with E-state index in [4.69, 9.17) is 21.1 Å². The van der Waals surface area contributed by atoms with E-state index in [1.54, 1.807) is 24.3 Å². The van der Waals surface area contributed by atoms with Crippen molar-refractivity contribution in [2.24, 2.45) is 0 Å². The number of carbonyl (C=O) groups is 1. The van der Waals surface area contributed by atoms with Crippen molar-refractivity contribution < 1.29 is 14.3 Å². The Morgan fingerprint density at radius 3 is 2.81 bits per heavy atom. The number of hydrogen-bond acceptors (Lipinski definition) is 3. The largest absolute Gasteiger partial charge is 0.371 e. The minimum atomic E-state index is -0.840. The van der Waals surface area contributed by atoms with E-state index in [0.29, 0.717) is 18.6 Å². The van der Waals surface area contributed by atoms with Gasteiger partial charge in [0.25, 0.3) is 5.91 Å². The van der Waals surface area contributed by atoms with Crippen LogP contribution in [0.2, 0.25) is 0 Å². The van der Waals surface area contributed by atoms with Crippen molar-refractivity contribution in [2.75, 3.05) is 13.2 Å². The van der Waals surface area contributed by atoms with Gasteiger partial charge in [0.2, 0.25) is 0 Å². The van der Waals surface area contributed by atoms with Gasteiger partial charge in [0.05, 0.1) is 13.2 Å². The van der Waals surface area contributed by atoms with Crippen molar-refractivity contribution in [1.82, 2.24) is 5.32 Å². The monoisotopic (exact) mass is 305 g/mol. The average Bonchev–Trinajstić information content (AvgIpc) is 3.33. The van der Waals surface area contributed by atoms with Gasteiger partial charge in [-0.2, -0.15) is 0 Å². The van der Waals surface area contributed by atoms with Gasteiger partial charge in [-0.25, -0.2) is 0 Å². The number of halogens is 1. The van der Waals surface area contributed by atoms with Gasteiger partial charge in [0, 0.05) is 17.7 Å². The first-order chi connectivity index (χ1) is 10.1. The van der Waals surface area contributed by atoms with Gasteiger partial charge in [0.1, 0.15) is 6.10 Å². The van der Waals surface area contributed by atoms with Crippen LogP contribution in [0.15, 0.2) is 54.3 Å². The van der Waals surface area contributed by atoms with E-state index in [1.807, 2.05) is 24.3 Å². The quantitative estimate of drug-likeness (QED) is 0.672. The summed E-state index contributed by atoms with van der Waals surface area (Å²) in [6.07, 6.45) is 6.07. The zero-order chi connectivity index (χ0) is 14.7. The molecule has 1 N–H and O–H groups in total. The fraction of sp³-hybridized carbons (Fsp3) is 0.312. The molecule has 0 radical (unpaired) electrons. The maximum Gasteiger partial charge on any atom is 0.255 e. The topological polar surface area (TPSA) is 50.9 Å². The zero-order valence-corrected chi connectivity index (χ0v) is 12.2. The van der Waals surface area contributed by atoms with E-state index in [-0.39, 0.29) is 12.0 Å². The molecule has 0 aromatic heterocycles. The number of rotatable bonds is 5. The second-order valence-corrected chi connectivity index (χ2v) is 5.71. The number of hydrogen-bond donors (Lipinski definition) is 1. The lowest BCUT2D eigenvalue weighted by molar-refractivity contribution is 0.0436. The van der Waals surface area contributed by atoms with E-state index in [0.717, 1.165) is 12.3 Å². The lowest BCUT2D eigenvalue weighted by Gasteiger charge is -2.25. The summed E-state index contributed by atoms with van der Waals surface area (Å²) in [6, 6.07) is 9.08. The van der Waals surface area contributed by atoms with E-state index in [1.165, 1.54) is 0 Å². The minimum Gasteiger partial charge on any atom is -0.371 e. The van der Waals surface area contributed by atoms with Crippen LogP contribution in [-0.4, -0.2) is 30.3 Å². The molecule has 2 unspecified atom stereocenters. The van der Waals surface area contributed by atoms with Gasteiger partial charge in [-0.15, -0.1) is 0 Å². The number of amides is 1. The first kappa shape index (κ1) is 14.3. The molecule has 1 aliphatic carbocycles. The van der Waals surface area contributed by atoms with Gasteiger partial charge < -0.3 is 14.8 Å². The normalized spacial score (nSPS) is 27.1. The van der Waals surface area contributed by atoms with Crippen molar-refractivity contribution in [1.29, 1.82) is 0 Å². The summed E-state index contributed by atoms with van der Waals surface area (Å²) in [6.45, 7) is 1.23. The van der Waals surface area contributed by atoms with E-state index in [9.17, 15) is 4.79 Å². The minimum absolute atomic E-state index is 0.138. The molecule has 4 nitrogen and oxygen atoms in total. The molecule has 1 aliphatic heterocycles. The van der Waals surface area contributed by atoms with Crippen LogP contribution in [0.3, 0.4) is 0 Å². The van der Waals surface area contributed by atoms with E-state index < -0.39 is 5.06 Å². The third-order valence-electron chi connectivity index (χ3n) is 3.32. The molecule has 1 amide bonds. The van der Waals surface area contributed by atoms with Gasteiger partial charge in [-0.3, -0.25) is 4.79 Å². The number of epoxide rings is 1. The highest BCUT2D eigenvalue weighted by Gasteiger charge is 2.31. The summed E-state index contributed by atoms with van der Waals surface area (Å²) in [5, 5.41) is 2.01. The first-order valence-electron chi connectivity index (χ1n) is 6.85. The highest BCUT2D eigenvalue weighted by Crippen LogP contribution is 2.30. The Labute approximate surface area is 128 Å².